The normalized spacial score (nSPS) is 25.2. The predicted molar refractivity (Wildman–Crippen MR) is 73.8 cm³/mol. The van der Waals surface area contributed by atoms with Crippen LogP contribution in [0.1, 0.15) is 20.3 Å². The summed E-state index contributed by atoms with van der Waals surface area (Å²) in [7, 11) is -3.54. The Morgan fingerprint density at radius 2 is 2.00 bits per heavy atom. The third kappa shape index (κ3) is 2.88. The summed E-state index contributed by atoms with van der Waals surface area (Å²) < 4.78 is 26.8. The van der Waals surface area contributed by atoms with Crippen LogP contribution in [0, 0.1) is 11.8 Å². The molecule has 1 aliphatic rings. The lowest BCUT2D eigenvalue weighted by Crippen LogP contribution is -2.42. The van der Waals surface area contributed by atoms with Crippen LogP contribution in [0.4, 0.5) is 5.82 Å². The fourth-order valence-corrected chi connectivity index (χ4v) is 4.43. The number of nitrogens with zero attached hydrogens (tertiary/aromatic N) is 2. The summed E-state index contributed by atoms with van der Waals surface area (Å²) in [6.45, 7) is 5.24. The van der Waals surface area contributed by atoms with E-state index in [1.54, 1.807) is 6.07 Å². The van der Waals surface area contributed by atoms with E-state index in [2.05, 4.69) is 24.3 Å². The molecule has 0 amide bonds. The van der Waals surface area contributed by atoms with Crippen LogP contribution >= 0.6 is 0 Å². The number of pyridine rings is 1. The molecule has 1 saturated heterocycles. The van der Waals surface area contributed by atoms with E-state index < -0.39 is 10.0 Å². The van der Waals surface area contributed by atoms with Crippen molar-refractivity contribution in [2.75, 3.05) is 18.5 Å². The zero-order valence-electron chi connectivity index (χ0n) is 11.2. The lowest BCUT2D eigenvalue weighted by molar-refractivity contribution is 0.222. The van der Waals surface area contributed by atoms with E-state index in [4.69, 9.17) is 5.84 Å². The Labute approximate surface area is 114 Å². The van der Waals surface area contributed by atoms with Gasteiger partial charge >= 0.3 is 0 Å². The van der Waals surface area contributed by atoms with Gasteiger partial charge in [0.2, 0.25) is 10.0 Å². The molecule has 1 aromatic rings. The number of anilines is 1. The van der Waals surface area contributed by atoms with Gasteiger partial charge in [0.1, 0.15) is 4.90 Å². The fraction of sp³-hybridized carbons (Fsp3) is 0.583. The van der Waals surface area contributed by atoms with Crippen LogP contribution in [-0.4, -0.2) is 30.8 Å². The molecule has 2 atom stereocenters. The maximum Gasteiger partial charge on any atom is 0.246 e. The molecule has 3 N–H and O–H groups in total. The number of nitrogens with one attached hydrogen (secondary N) is 1. The molecule has 2 rings (SSSR count). The van der Waals surface area contributed by atoms with Gasteiger partial charge in [-0.05, 0) is 30.4 Å². The first kappa shape index (κ1) is 14.2. The number of hydrogen-bond acceptors (Lipinski definition) is 5. The lowest BCUT2D eigenvalue weighted by atomic mass is 9.94. The topological polar surface area (TPSA) is 88.3 Å². The van der Waals surface area contributed by atoms with Crippen LogP contribution < -0.4 is 11.3 Å². The minimum absolute atomic E-state index is 0.138. The summed E-state index contributed by atoms with van der Waals surface area (Å²) in [6.07, 6.45) is 2.57. The molecule has 2 heterocycles. The van der Waals surface area contributed by atoms with Crippen molar-refractivity contribution >= 4 is 15.8 Å². The van der Waals surface area contributed by atoms with Crippen LogP contribution in [0.25, 0.3) is 0 Å². The van der Waals surface area contributed by atoms with Gasteiger partial charge < -0.3 is 5.43 Å². The van der Waals surface area contributed by atoms with Gasteiger partial charge in [-0.2, -0.15) is 4.31 Å². The van der Waals surface area contributed by atoms with E-state index in [0.717, 1.165) is 6.42 Å². The van der Waals surface area contributed by atoms with Crippen molar-refractivity contribution in [1.82, 2.24) is 9.29 Å². The van der Waals surface area contributed by atoms with Crippen LogP contribution in [0.5, 0.6) is 0 Å². The summed E-state index contributed by atoms with van der Waals surface area (Å²) in [6, 6.07) is 3.13. The molecule has 0 aliphatic carbocycles. The maximum absolute atomic E-state index is 12.6. The van der Waals surface area contributed by atoms with Crippen molar-refractivity contribution in [2.45, 2.75) is 25.2 Å². The average Bonchev–Trinajstić information content (AvgIpc) is 2.37. The van der Waals surface area contributed by atoms with Gasteiger partial charge in [-0.25, -0.2) is 19.2 Å². The molecule has 1 aliphatic heterocycles. The first-order chi connectivity index (χ1) is 8.95. The van der Waals surface area contributed by atoms with Crippen LogP contribution in [0.15, 0.2) is 23.2 Å². The molecule has 2 unspecified atom stereocenters. The molecular formula is C12H20N4O2S. The molecule has 0 saturated carbocycles. The van der Waals surface area contributed by atoms with E-state index in [-0.39, 0.29) is 10.7 Å². The Hall–Kier alpha value is -1.18. The number of piperidine rings is 1. The van der Waals surface area contributed by atoms with Gasteiger partial charge in [0.25, 0.3) is 0 Å². The number of hydrogen-bond donors (Lipinski definition) is 2. The number of rotatable bonds is 3. The molecule has 6 nitrogen and oxygen atoms in total. The Balaban J connectivity index is 2.36. The van der Waals surface area contributed by atoms with Crippen molar-refractivity contribution in [1.29, 1.82) is 0 Å². The largest absolute Gasteiger partial charge is 0.307 e. The second-order valence-corrected chi connectivity index (χ2v) is 7.17. The molecule has 0 bridgehead atoms. The van der Waals surface area contributed by atoms with E-state index in [1.807, 2.05) is 0 Å². The number of nitrogens with two attached hydrogens (primary N) is 1. The van der Waals surface area contributed by atoms with Gasteiger partial charge in [0, 0.05) is 19.3 Å². The Bertz CT molecular complexity index is 536. The number of hydrazine groups is 1. The van der Waals surface area contributed by atoms with Crippen molar-refractivity contribution < 1.29 is 8.42 Å². The Morgan fingerprint density at radius 3 is 2.58 bits per heavy atom. The quantitative estimate of drug-likeness (QED) is 0.639. The van der Waals surface area contributed by atoms with Crippen molar-refractivity contribution in [2.24, 2.45) is 17.7 Å². The smallest absolute Gasteiger partial charge is 0.246 e. The second kappa shape index (κ2) is 5.44. The first-order valence-electron chi connectivity index (χ1n) is 6.37. The summed E-state index contributed by atoms with van der Waals surface area (Å²) in [5.74, 6) is 6.25. The molecule has 1 fully saturated rings. The van der Waals surface area contributed by atoms with E-state index in [9.17, 15) is 8.42 Å². The molecule has 0 radical (unpaired) electrons. The van der Waals surface area contributed by atoms with E-state index >= 15 is 0 Å². The summed E-state index contributed by atoms with van der Waals surface area (Å²) in [5, 5.41) is 0. The third-order valence-corrected chi connectivity index (χ3v) is 5.22. The van der Waals surface area contributed by atoms with Gasteiger partial charge in [-0.15, -0.1) is 0 Å². The van der Waals surface area contributed by atoms with Crippen LogP contribution in [0.2, 0.25) is 0 Å². The van der Waals surface area contributed by atoms with Gasteiger partial charge in [-0.1, -0.05) is 13.8 Å². The molecule has 106 valence electrons. The fourth-order valence-electron chi connectivity index (χ4n) is 2.65. The third-order valence-electron chi connectivity index (χ3n) is 3.36. The average molecular weight is 284 g/mol. The SMILES string of the molecule is CC1CC(C)CN(S(=O)(=O)c2cccnc2NN)C1. The number of nitrogen functional groups attached to an aromatic ring is 1. The molecule has 7 heteroatoms. The summed E-state index contributed by atoms with van der Waals surface area (Å²) >= 11 is 0. The summed E-state index contributed by atoms with van der Waals surface area (Å²) in [5.41, 5.74) is 2.35. The Kier molecular flexibility index (Phi) is 4.07. The highest BCUT2D eigenvalue weighted by atomic mass is 32.2. The second-order valence-electron chi connectivity index (χ2n) is 5.26. The van der Waals surface area contributed by atoms with E-state index in [0.29, 0.717) is 24.9 Å². The zero-order valence-corrected chi connectivity index (χ0v) is 12.0. The van der Waals surface area contributed by atoms with Crippen molar-refractivity contribution in [3.8, 4) is 0 Å². The minimum Gasteiger partial charge on any atom is -0.307 e. The molecular weight excluding hydrogens is 264 g/mol. The summed E-state index contributed by atoms with van der Waals surface area (Å²) in [4.78, 5) is 4.09. The van der Waals surface area contributed by atoms with Crippen molar-refractivity contribution in [3.05, 3.63) is 18.3 Å². The molecule has 0 spiro atoms. The molecule has 0 aromatic carbocycles. The number of aromatic nitrogens is 1. The monoisotopic (exact) mass is 284 g/mol. The maximum atomic E-state index is 12.6. The van der Waals surface area contributed by atoms with Gasteiger partial charge in [0.05, 0.1) is 0 Å². The highest BCUT2D eigenvalue weighted by Crippen LogP contribution is 2.28. The van der Waals surface area contributed by atoms with Crippen molar-refractivity contribution in [3.63, 3.8) is 0 Å². The first-order valence-corrected chi connectivity index (χ1v) is 7.81. The van der Waals surface area contributed by atoms with Gasteiger partial charge in [0.15, 0.2) is 5.82 Å². The highest BCUT2D eigenvalue weighted by Gasteiger charge is 2.33. The van der Waals surface area contributed by atoms with Crippen LogP contribution in [-0.2, 0) is 10.0 Å². The number of sulfonamides is 1. The minimum atomic E-state index is -3.54. The lowest BCUT2D eigenvalue weighted by Gasteiger charge is -2.34. The molecule has 19 heavy (non-hydrogen) atoms. The predicted octanol–water partition coefficient (Wildman–Crippen LogP) is 1.03. The van der Waals surface area contributed by atoms with Crippen LogP contribution in [0.3, 0.4) is 0 Å². The standard InChI is InChI=1S/C12H20N4O2S/c1-9-6-10(2)8-16(7-9)19(17,18)11-4-3-5-14-12(11)15-13/h3-5,9-10H,6-8,13H2,1-2H3,(H,14,15). The van der Waals surface area contributed by atoms with Gasteiger partial charge in [-0.3, -0.25) is 0 Å². The molecule has 1 aromatic heterocycles. The van der Waals surface area contributed by atoms with E-state index in [1.165, 1.54) is 16.6 Å². The Morgan fingerprint density at radius 1 is 1.37 bits per heavy atom. The highest BCUT2D eigenvalue weighted by molar-refractivity contribution is 7.89. The zero-order chi connectivity index (χ0) is 14.0.